The standard InChI is InChI=1S/C14H24N2S/c1-11(2)8-15-10-14(5-4-6-14)7-13-9-17-12(3)16-13/h9,11,15H,4-8,10H2,1-3H3. The molecule has 0 amide bonds. The Kier molecular flexibility index (Phi) is 4.21. The van der Waals surface area contributed by atoms with Crippen LogP contribution < -0.4 is 5.32 Å². The lowest BCUT2D eigenvalue weighted by atomic mass is 9.66. The van der Waals surface area contributed by atoms with Gasteiger partial charge in [-0.05, 0) is 44.1 Å². The van der Waals surface area contributed by atoms with Crippen molar-refractivity contribution < 1.29 is 0 Å². The molecule has 0 aliphatic heterocycles. The minimum Gasteiger partial charge on any atom is -0.316 e. The van der Waals surface area contributed by atoms with Gasteiger partial charge in [0.05, 0.1) is 10.7 Å². The van der Waals surface area contributed by atoms with Crippen molar-refractivity contribution in [2.45, 2.75) is 46.5 Å². The fourth-order valence-electron chi connectivity index (χ4n) is 2.59. The highest BCUT2D eigenvalue weighted by atomic mass is 32.1. The van der Waals surface area contributed by atoms with Crippen LogP contribution in [-0.4, -0.2) is 18.1 Å². The van der Waals surface area contributed by atoms with Crippen LogP contribution in [0.3, 0.4) is 0 Å². The average molecular weight is 252 g/mol. The van der Waals surface area contributed by atoms with E-state index >= 15 is 0 Å². The minimum absolute atomic E-state index is 0.509. The zero-order valence-corrected chi connectivity index (χ0v) is 12.1. The molecule has 96 valence electrons. The number of aryl methyl sites for hydroxylation is 1. The van der Waals surface area contributed by atoms with E-state index in [0.717, 1.165) is 12.5 Å². The second-order valence-corrected chi connectivity index (χ2v) is 6.98. The van der Waals surface area contributed by atoms with Gasteiger partial charge in [-0.2, -0.15) is 0 Å². The van der Waals surface area contributed by atoms with Gasteiger partial charge in [0.1, 0.15) is 0 Å². The summed E-state index contributed by atoms with van der Waals surface area (Å²) in [6.45, 7) is 8.94. The molecule has 0 unspecified atom stereocenters. The van der Waals surface area contributed by atoms with E-state index in [1.165, 1.54) is 42.9 Å². The van der Waals surface area contributed by atoms with Crippen LogP contribution in [0.5, 0.6) is 0 Å². The van der Waals surface area contributed by atoms with E-state index in [-0.39, 0.29) is 0 Å². The van der Waals surface area contributed by atoms with Crippen molar-refractivity contribution in [3.8, 4) is 0 Å². The lowest BCUT2D eigenvalue weighted by Gasteiger charge is -2.42. The quantitative estimate of drug-likeness (QED) is 0.839. The molecule has 2 rings (SSSR count). The Hall–Kier alpha value is -0.410. The lowest BCUT2D eigenvalue weighted by molar-refractivity contribution is 0.127. The van der Waals surface area contributed by atoms with Crippen molar-refractivity contribution in [1.82, 2.24) is 10.3 Å². The van der Waals surface area contributed by atoms with Crippen molar-refractivity contribution >= 4 is 11.3 Å². The fourth-order valence-corrected chi connectivity index (χ4v) is 3.21. The molecular formula is C14H24N2S. The van der Waals surface area contributed by atoms with Crippen LogP contribution in [0.25, 0.3) is 0 Å². The smallest absolute Gasteiger partial charge is 0.0897 e. The third kappa shape index (κ3) is 3.52. The first kappa shape index (κ1) is 13.0. The van der Waals surface area contributed by atoms with Gasteiger partial charge in [0, 0.05) is 11.9 Å². The number of hydrogen-bond donors (Lipinski definition) is 1. The first-order valence-electron chi connectivity index (χ1n) is 6.71. The summed E-state index contributed by atoms with van der Waals surface area (Å²) < 4.78 is 0. The van der Waals surface area contributed by atoms with Crippen LogP contribution in [0.2, 0.25) is 0 Å². The normalized spacial score (nSPS) is 18.4. The van der Waals surface area contributed by atoms with Crippen LogP contribution in [-0.2, 0) is 6.42 Å². The Morgan fingerprint density at radius 3 is 2.71 bits per heavy atom. The molecule has 1 N–H and O–H groups in total. The molecule has 1 aliphatic carbocycles. The summed E-state index contributed by atoms with van der Waals surface area (Å²) in [5, 5.41) is 7.06. The number of thiazole rings is 1. The van der Waals surface area contributed by atoms with E-state index in [0.29, 0.717) is 5.41 Å². The molecule has 17 heavy (non-hydrogen) atoms. The highest BCUT2D eigenvalue weighted by Gasteiger charge is 2.37. The van der Waals surface area contributed by atoms with E-state index in [1.807, 2.05) is 0 Å². The van der Waals surface area contributed by atoms with Crippen molar-refractivity contribution in [3.05, 3.63) is 16.1 Å². The molecule has 0 atom stereocenters. The van der Waals surface area contributed by atoms with Crippen molar-refractivity contribution in [1.29, 1.82) is 0 Å². The minimum atomic E-state index is 0.509. The number of nitrogens with zero attached hydrogens (tertiary/aromatic N) is 1. The van der Waals surface area contributed by atoms with Crippen LogP contribution in [0, 0.1) is 18.3 Å². The first-order valence-corrected chi connectivity index (χ1v) is 7.59. The average Bonchev–Trinajstić information content (AvgIpc) is 2.59. The predicted octanol–water partition coefficient (Wildman–Crippen LogP) is 3.41. The maximum absolute atomic E-state index is 4.61. The molecule has 0 aromatic carbocycles. The van der Waals surface area contributed by atoms with Gasteiger partial charge in [-0.15, -0.1) is 11.3 Å². The molecule has 1 heterocycles. The predicted molar refractivity (Wildman–Crippen MR) is 74.5 cm³/mol. The molecule has 0 spiro atoms. The Morgan fingerprint density at radius 2 is 2.24 bits per heavy atom. The van der Waals surface area contributed by atoms with Crippen molar-refractivity contribution in [2.75, 3.05) is 13.1 Å². The summed E-state index contributed by atoms with van der Waals surface area (Å²) >= 11 is 1.78. The molecule has 0 radical (unpaired) electrons. The van der Waals surface area contributed by atoms with Crippen molar-refractivity contribution in [2.24, 2.45) is 11.3 Å². The Balaban J connectivity index is 1.86. The fraction of sp³-hybridized carbons (Fsp3) is 0.786. The Bertz CT molecular complexity index is 353. The summed E-state index contributed by atoms with van der Waals surface area (Å²) in [5.74, 6) is 0.744. The second-order valence-electron chi connectivity index (χ2n) is 5.91. The number of hydrogen-bond acceptors (Lipinski definition) is 3. The highest BCUT2D eigenvalue weighted by molar-refractivity contribution is 7.09. The van der Waals surface area contributed by atoms with E-state index in [9.17, 15) is 0 Å². The van der Waals surface area contributed by atoms with Crippen LogP contribution in [0.4, 0.5) is 0 Å². The van der Waals surface area contributed by atoms with Gasteiger partial charge in [-0.1, -0.05) is 20.3 Å². The van der Waals surface area contributed by atoms with Crippen LogP contribution >= 0.6 is 11.3 Å². The molecular weight excluding hydrogens is 228 g/mol. The molecule has 1 aromatic heterocycles. The van der Waals surface area contributed by atoms with E-state index in [1.54, 1.807) is 11.3 Å². The molecule has 1 saturated carbocycles. The largest absolute Gasteiger partial charge is 0.316 e. The monoisotopic (exact) mass is 252 g/mol. The number of nitrogens with one attached hydrogen (secondary N) is 1. The van der Waals surface area contributed by atoms with Gasteiger partial charge < -0.3 is 5.32 Å². The second kappa shape index (κ2) is 5.49. The molecule has 3 heteroatoms. The first-order chi connectivity index (χ1) is 8.10. The topological polar surface area (TPSA) is 24.9 Å². The Labute approximate surface area is 109 Å². The summed E-state index contributed by atoms with van der Waals surface area (Å²) in [7, 11) is 0. The lowest BCUT2D eigenvalue weighted by Crippen LogP contribution is -2.42. The van der Waals surface area contributed by atoms with Gasteiger partial charge in [0.25, 0.3) is 0 Å². The van der Waals surface area contributed by atoms with Crippen LogP contribution in [0.1, 0.15) is 43.8 Å². The van der Waals surface area contributed by atoms with Crippen LogP contribution in [0.15, 0.2) is 5.38 Å². The molecule has 1 fully saturated rings. The molecule has 2 nitrogen and oxygen atoms in total. The third-order valence-corrected chi connectivity index (χ3v) is 4.51. The van der Waals surface area contributed by atoms with Crippen molar-refractivity contribution in [3.63, 3.8) is 0 Å². The summed E-state index contributed by atoms with van der Waals surface area (Å²) in [6.07, 6.45) is 5.30. The Morgan fingerprint density at radius 1 is 1.47 bits per heavy atom. The number of aromatic nitrogens is 1. The summed E-state index contributed by atoms with van der Waals surface area (Å²) in [4.78, 5) is 4.61. The highest BCUT2D eigenvalue weighted by Crippen LogP contribution is 2.43. The maximum Gasteiger partial charge on any atom is 0.0897 e. The maximum atomic E-state index is 4.61. The van der Waals surface area contributed by atoms with Gasteiger partial charge in [-0.3, -0.25) is 0 Å². The van der Waals surface area contributed by atoms with E-state index in [4.69, 9.17) is 0 Å². The van der Waals surface area contributed by atoms with Gasteiger partial charge in [-0.25, -0.2) is 4.98 Å². The van der Waals surface area contributed by atoms with Gasteiger partial charge >= 0.3 is 0 Å². The third-order valence-electron chi connectivity index (χ3n) is 3.69. The van der Waals surface area contributed by atoms with Gasteiger partial charge in [0.2, 0.25) is 0 Å². The SMILES string of the molecule is Cc1nc(CC2(CNCC(C)C)CCC2)cs1. The molecule has 1 aromatic rings. The van der Waals surface area contributed by atoms with E-state index in [2.05, 4.69) is 36.5 Å². The molecule has 0 saturated heterocycles. The summed E-state index contributed by atoms with van der Waals surface area (Å²) in [5.41, 5.74) is 1.81. The zero-order chi connectivity index (χ0) is 12.3. The zero-order valence-electron chi connectivity index (χ0n) is 11.3. The van der Waals surface area contributed by atoms with E-state index < -0.39 is 0 Å². The number of rotatable bonds is 6. The molecule has 1 aliphatic rings. The van der Waals surface area contributed by atoms with Gasteiger partial charge in [0.15, 0.2) is 0 Å². The summed E-state index contributed by atoms with van der Waals surface area (Å²) in [6, 6.07) is 0. The molecule has 0 bridgehead atoms.